The van der Waals surface area contributed by atoms with Gasteiger partial charge in [-0.3, -0.25) is 4.79 Å². The standard InChI is InChI=1S/C26H26N2O4/c1-28(25(29)17-32-24-11-7-6-10-23(24)31-3)26(18-12-14-19(30-2)15-13-18)21-16-27-22-9-5-4-8-20(21)22/h4-16,26-27H,17H2,1-3H3/t26-/m1/s1. The van der Waals surface area contributed by atoms with E-state index in [4.69, 9.17) is 14.2 Å². The minimum Gasteiger partial charge on any atom is -0.497 e. The zero-order valence-electron chi connectivity index (χ0n) is 18.4. The van der Waals surface area contributed by atoms with Crippen molar-refractivity contribution in [3.63, 3.8) is 0 Å². The van der Waals surface area contributed by atoms with Crippen LogP contribution in [0.25, 0.3) is 10.9 Å². The molecule has 0 saturated carbocycles. The second-order valence-corrected chi connectivity index (χ2v) is 7.41. The lowest BCUT2D eigenvalue weighted by Gasteiger charge is -2.29. The van der Waals surface area contributed by atoms with Gasteiger partial charge < -0.3 is 24.1 Å². The number of benzene rings is 3. The summed E-state index contributed by atoms with van der Waals surface area (Å²) in [5.41, 5.74) is 3.01. The lowest BCUT2D eigenvalue weighted by molar-refractivity contribution is -0.133. The van der Waals surface area contributed by atoms with Crippen molar-refractivity contribution in [2.24, 2.45) is 0 Å². The van der Waals surface area contributed by atoms with E-state index < -0.39 is 0 Å². The van der Waals surface area contributed by atoms with Crippen LogP contribution in [0.2, 0.25) is 0 Å². The normalized spacial score (nSPS) is 11.7. The van der Waals surface area contributed by atoms with Crippen LogP contribution in [0.1, 0.15) is 17.2 Å². The van der Waals surface area contributed by atoms with E-state index in [9.17, 15) is 4.79 Å². The first-order chi connectivity index (χ1) is 15.6. The maximum Gasteiger partial charge on any atom is 0.261 e. The van der Waals surface area contributed by atoms with Crippen molar-refractivity contribution in [3.05, 3.63) is 90.1 Å². The number of methoxy groups -OCH3 is 2. The third-order valence-corrected chi connectivity index (χ3v) is 5.55. The summed E-state index contributed by atoms with van der Waals surface area (Å²) in [5, 5.41) is 1.07. The molecule has 0 fully saturated rings. The molecule has 0 unspecified atom stereocenters. The Hall–Kier alpha value is -3.93. The lowest BCUT2D eigenvalue weighted by atomic mass is 9.96. The molecule has 0 aliphatic heterocycles. The van der Waals surface area contributed by atoms with Crippen LogP contribution in [-0.2, 0) is 4.79 Å². The number of rotatable bonds is 8. The molecule has 3 aromatic carbocycles. The summed E-state index contributed by atoms with van der Waals surface area (Å²) in [5.74, 6) is 1.73. The first-order valence-corrected chi connectivity index (χ1v) is 10.3. The zero-order valence-corrected chi connectivity index (χ0v) is 18.4. The third kappa shape index (κ3) is 4.25. The molecule has 1 atom stereocenters. The molecule has 4 rings (SSSR count). The van der Waals surface area contributed by atoms with Crippen molar-refractivity contribution < 1.29 is 19.0 Å². The van der Waals surface area contributed by atoms with E-state index >= 15 is 0 Å². The van der Waals surface area contributed by atoms with Crippen molar-refractivity contribution in [3.8, 4) is 17.2 Å². The van der Waals surface area contributed by atoms with Crippen LogP contribution in [0, 0.1) is 0 Å². The van der Waals surface area contributed by atoms with Gasteiger partial charge in [0.15, 0.2) is 18.1 Å². The molecular formula is C26H26N2O4. The fourth-order valence-electron chi connectivity index (χ4n) is 3.84. The van der Waals surface area contributed by atoms with Crippen molar-refractivity contribution in [1.29, 1.82) is 0 Å². The highest BCUT2D eigenvalue weighted by atomic mass is 16.5. The van der Waals surface area contributed by atoms with Crippen LogP contribution >= 0.6 is 0 Å². The molecule has 0 bridgehead atoms. The highest BCUT2D eigenvalue weighted by molar-refractivity contribution is 5.86. The van der Waals surface area contributed by atoms with Gasteiger partial charge in [0.1, 0.15) is 5.75 Å². The monoisotopic (exact) mass is 430 g/mol. The van der Waals surface area contributed by atoms with E-state index in [1.54, 1.807) is 38.3 Å². The average molecular weight is 431 g/mol. The second kappa shape index (κ2) is 9.47. The van der Waals surface area contributed by atoms with Gasteiger partial charge >= 0.3 is 0 Å². The first-order valence-electron chi connectivity index (χ1n) is 10.3. The number of fused-ring (bicyclic) bond motifs is 1. The number of amides is 1. The fraction of sp³-hybridized carbons (Fsp3) is 0.192. The summed E-state index contributed by atoms with van der Waals surface area (Å²) in [4.78, 5) is 18.2. The number of hydrogen-bond acceptors (Lipinski definition) is 4. The number of likely N-dealkylation sites (N-methyl/N-ethyl adjacent to an activating group) is 1. The summed E-state index contributed by atoms with van der Waals surface area (Å²) < 4.78 is 16.4. The maximum atomic E-state index is 13.2. The number of H-pyrrole nitrogens is 1. The van der Waals surface area contributed by atoms with Gasteiger partial charge in [-0.05, 0) is 35.9 Å². The Morgan fingerprint density at radius 3 is 2.31 bits per heavy atom. The van der Waals surface area contributed by atoms with Crippen LogP contribution in [0.5, 0.6) is 17.2 Å². The van der Waals surface area contributed by atoms with Crippen LogP contribution in [-0.4, -0.2) is 43.7 Å². The Balaban J connectivity index is 1.65. The summed E-state index contributed by atoms with van der Waals surface area (Å²) in [7, 11) is 5.01. The Bertz CT molecular complexity index is 1200. The van der Waals surface area contributed by atoms with Gasteiger partial charge in [0.2, 0.25) is 0 Å². The van der Waals surface area contributed by atoms with Crippen molar-refractivity contribution in [2.45, 2.75) is 6.04 Å². The summed E-state index contributed by atoms with van der Waals surface area (Å²) in [6.45, 7) is -0.105. The number of aromatic nitrogens is 1. The van der Waals surface area contributed by atoms with Crippen molar-refractivity contribution in [1.82, 2.24) is 9.88 Å². The van der Waals surface area contributed by atoms with Gasteiger partial charge in [-0.2, -0.15) is 0 Å². The molecule has 1 aromatic heterocycles. The molecule has 6 nitrogen and oxygen atoms in total. The molecule has 164 valence electrons. The van der Waals surface area contributed by atoms with Crippen LogP contribution in [0.15, 0.2) is 79.0 Å². The third-order valence-electron chi connectivity index (χ3n) is 5.55. The van der Waals surface area contributed by atoms with Crippen LogP contribution < -0.4 is 14.2 Å². The number of hydrogen-bond donors (Lipinski definition) is 1. The highest BCUT2D eigenvalue weighted by Gasteiger charge is 2.26. The average Bonchev–Trinajstić information content (AvgIpc) is 3.27. The molecule has 1 heterocycles. The molecule has 0 aliphatic rings. The van der Waals surface area contributed by atoms with Crippen molar-refractivity contribution >= 4 is 16.8 Å². The Morgan fingerprint density at radius 1 is 0.906 bits per heavy atom. The number of nitrogens with zero attached hydrogens (tertiary/aromatic N) is 1. The molecule has 32 heavy (non-hydrogen) atoms. The fourth-order valence-corrected chi connectivity index (χ4v) is 3.84. The SMILES string of the molecule is COc1ccc([C@H](c2c[nH]c3ccccc23)N(C)C(=O)COc2ccccc2OC)cc1. The zero-order chi connectivity index (χ0) is 22.5. The smallest absolute Gasteiger partial charge is 0.261 e. The number of carbonyl (C=O) groups is 1. The predicted octanol–water partition coefficient (Wildman–Crippen LogP) is 4.81. The van der Waals surface area contributed by atoms with Crippen molar-refractivity contribution in [2.75, 3.05) is 27.9 Å². The van der Waals surface area contributed by atoms with E-state index in [0.29, 0.717) is 11.5 Å². The number of carbonyl (C=O) groups excluding carboxylic acids is 1. The summed E-state index contributed by atoms with van der Waals surface area (Å²) in [6.07, 6.45) is 1.96. The highest BCUT2D eigenvalue weighted by Crippen LogP contribution is 2.34. The molecule has 0 radical (unpaired) electrons. The number of aromatic amines is 1. The minimum absolute atomic E-state index is 0.105. The minimum atomic E-state index is -0.300. The molecule has 4 aromatic rings. The van der Waals surface area contributed by atoms with Crippen LogP contribution in [0.3, 0.4) is 0 Å². The van der Waals surface area contributed by atoms with Gasteiger partial charge in [-0.25, -0.2) is 0 Å². The molecule has 1 amide bonds. The van der Waals surface area contributed by atoms with E-state index in [1.165, 1.54) is 0 Å². The van der Waals surface area contributed by atoms with E-state index in [-0.39, 0.29) is 18.6 Å². The van der Waals surface area contributed by atoms with E-state index in [1.807, 2.05) is 60.8 Å². The molecular weight excluding hydrogens is 404 g/mol. The molecule has 6 heteroatoms. The Morgan fingerprint density at radius 2 is 1.59 bits per heavy atom. The summed E-state index contributed by atoms with van der Waals surface area (Å²) >= 11 is 0. The Kier molecular flexibility index (Phi) is 6.31. The van der Waals surface area contributed by atoms with E-state index in [0.717, 1.165) is 27.8 Å². The van der Waals surface area contributed by atoms with E-state index in [2.05, 4.69) is 11.1 Å². The number of para-hydroxylation sites is 3. The Labute approximate surface area is 187 Å². The quantitative estimate of drug-likeness (QED) is 0.436. The molecule has 0 saturated heterocycles. The molecule has 0 aliphatic carbocycles. The largest absolute Gasteiger partial charge is 0.497 e. The second-order valence-electron chi connectivity index (χ2n) is 7.41. The summed E-state index contributed by atoms with van der Waals surface area (Å²) in [6, 6.07) is 22.8. The van der Waals surface area contributed by atoms with Gasteiger partial charge in [0.05, 0.1) is 20.3 Å². The topological polar surface area (TPSA) is 63.8 Å². The van der Waals surface area contributed by atoms with Gasteiger partial charge in [-0.15, -0.1) is 0 Å². The maximum absolute atomic E-state index is 13.2. The molecule has 0 spiro atoms. The van der Waals surface area contributed by atoms with Gasteiger partial charge in [0.25, 0.3) is 5.91 Å². The predicted molar refractivity (Wildman–Crippen MR) is 124 cm³/mol. The lowest BCUT2D eigenvalue weighted by Crippen LogP contribution is -2.35. The number of ether oxygens (including phenoxy) is 3. The molecule has 1 N–H and O–H groups in total. The van der Waals surface area contributed by atoms with Gasteiger partial charge in [0, 0.05) is 29.7 Å². The first kappa shape index (κ1) is 21.3. The number of nitrogens with one attached hydrogen (secondary N) is 1. The van der Waals surface area contributed by atoms with Gasteiger partial charge in [-0.1, -0.05) is 42.5 Å². The van der Waals surface area contributed by atoms with Crippen LogP contribution in [0.4, 0.5) is 0 Å².